The van der Waals surface area contributed by atoms with Crippen molar-refractivity contribution >= 4 is 28.2 Å². The van der Waals surface area contributed by atoms with Gasteiger partial charge < -0.3 is 9.64 Å². The number of nitrogens with zero attached hydrogens (tertiary/aromatic N) is 3. The van der Waals surface area contributed by atoms with Gasteiger partial charge in [0.15, 0.2) is 5.13 Å². The van der Waals surface area contributed by atoms with Crippen LogP contribution in [0.3, 0.4) is 0 Å². The Morgan fingerprint density at radius 1 is 1.00 bits per heavy atom. The van der Waals surface area contributed by atoms with Crippen LogP contribution in [0.5, 0.6) is 0 Å². The average Bonchev–Trinajstić information content (AvgIpc) is 3.18. The largest absolute Gasteiger partial charge is 0.447 e. The fourth-order valence-corrected chi connectivity index (χ4v) is 4.13. The lowest BCUT2D eigenvalue weighted by atomic mass is 10.1. The van der Waals surface area contributed by atoms with Gasteiger partial charge in [-0.2, -0.15) is 0 Å². The predicted molar refractivity (Wildman–Crippen MR) is 96.9 cm³/mol. The van der Waals surface area contributed by atoms with E-state index in [1.54, 1.807) is 16.2 Å². The first-order valence-corrected chi connectivity index (χ1v) is 9.44. The number of hydrogen-bond donors (Lipinski definition) is 0. The zero-order valence-electron chi connectivity index (χ0n) is 13.6. The van der Waals surface area contributed by atoms with Gasteiger partial charge in [-0.1, -0.05) is 25.0 Å². The molecule has 126 valence electrons. The minimum Gasteiger partial charge on any atom is -0.447 e. The van der Waals surface area contributed by atoms with Crippen molar-refractivity contribution in [2.24, 2.45) is 0 Å². The van der Waals surface area contributed by atoms with E-state index in [1.165, 1.54) is 25.7 Å². The van der Waals surface area contributed by atoms with E-state index in [9.17, 15) is 4.79 Å². The Hall–Kier alpha value is -2.08. The van der Waals surface area contributed by atoms with E-state index in [2.05, 4.69) is 10.3 Å². The molecule has 0 spiro atoms. The summed E-state index contributed by atoms with van der Waals surface area (Å²) in [5.74, 6) is 0. The summed E-state index contributed by atoms with van der Waals surface area (Å²) in [5, 5.41) is 3.25. The highest BCUT2D eigenvalue weighted by molar-refractivity contribution is 7.14. The third-order valence-electron chi connectivity index (χ3n) is 4.60. The average molecular weight is 343 g/mol. The third-order valence-corrected chi connectivity index (χ3v) is 5.51. The maximum absolute atomic E-state index is 11.6. The van der Waals surface area contributed by atoms with Crippen molar-refractivity contribution in [2.45, 2.75) is 25.7 Å². The van der Waals surface area contributed by atoms with Crippen LogP contribution in [0.1, 0.15) is 25.7 Å². The highest BCUT2D eigenvalue weighted by Crippen LogP contribution is 2.30. The number of aromatic nitrogens is 1. The van der Waals surface area contributed by atoms with E-state index >= 15 is 0 Å². The lowest BCUT2D eigenvalue weighted by Crippen LogP contribution is -2.23. The van der Waals surface area contributed by atoms with Gasteiger partial charge in [-0.05, 0) is 25.0 Å². The zero-order chi connectivity index (χ0) is 16.4. The Balaban J connectivity index is 1.50. The molecule has 2 aliphatic rings. The van der Waals surface area contributed by atoms with Crippen LogP contribution in [0.25, 0.3) is 11.3 Å². The van der Waals surface area contributed by atoms with Crippen LogP contribution in [0.4, 0.5) is 15.6 Å². The first kappa shape index (κ1) is 15.4. The number of thiazole rings is 1. The van der Waals surface area contributed by atoms with Crippen molar-refractivity contribution < 1.29 is 9.53 Å². The number of anilines is 2. The molecule has 0 saturated carbocycles. The van der Waals surface area contributed by atoms with E-state index in [-0.39, 0.29) is 6.09 Å². The van der Waals surface area contributed by atoms with Crippen molar-refractivity contribution in [3.05, 3.63) is 29.6 Å². The molecule has 24 heavy (non-hydrogen) atoms. The molecule has 6 heteroatoms. The summed E-state index contributed by atoms with van der Waals surface area (Å²) >= 11 is 1.72. The van der Waals surface area contributed by atoms with Crippen molar-refractivity contribution in [3.63, 3.8) is 0 Å². The molecule has 4 rings (SSSR count). The number of cyclic esters (lactones) is 1. The fourth-order valence-electron chi connectivity index (χ4n) is 3.24. The van der Waals surface area contributed by atoms with Crippen LogP contribution in [0.2, 0.25) is 0 Å². The molecular formula is C18H21N3O2S. The third kappa shape index (κ3) is 3.11. The molecule has 2 aliphatic heterocycles. The summed E-state index contributed by atoms with van der Waals surface area (Å²) in [5.41, 5.74) is 2.97. The number of carbonyl (C=O) groups is 1. The molecule has 0 radical (unpaired) electrons. The summed E-state index contributed by atoms with van der Waals surface area (Å²) in [7, 11) is 0. The van der Waals surface area contributed by atoms with Gasteiger partial charge in [0.05, 0.1) is 12.2 Å². The van der Waals surface area contributed by atoms with Crippen LogP contribution in [-0.2, 0) is 4.74 Å². The quantitative estimate of drug-likeness (QED) is 0.840. The lowest BCUT2D eigenvalue weighted by Gasteiger charge is -2.18. The van der Waals surface area contributed by atoms with Crippen molar-refractivity contribution in [1.82, 2.24) is 4.98 Å². The Kier molecular flexibility index (Phi) is 4.38. The van der Waals surface area contributed by atoms with Gasteiger partial charge in [-0.3, -0.25) is 4.90 Å². The molecule has 0 atom stereocenters. The molecular weight excluding hydrogens is 322 g/mol. The number of hydrogen-bond acceptors (Lipinski definition) is 5. The van der Waals surface area contributed by atoms with Crippen LogP contribution in [-0.4, -0.2) is 37.3 Å². The van der Waals surface area contributed by atoms with Gasteiger partial charge in [0.25, 0.3) is 0 Å². The standard InChI is InChI=1S/C18H21N3O2S/c22-18-21(11-12-23-18)15-7-5-14(6-8-15)16-13-24-17(19-16)20-9-3-1-2-4-10-20/h5-8,13H,1-4,9-12H2. The number of carbonyl (C=O) groups excluding carboxylic acids is 1. The molecule has 3 heterocycles. The molecule has 2 saturated heterocycles. The van der Waals surface area contributed by atoms with Gasteiger partial charge in [0.1, 0.15) is 6.61 Å². The minimum absolute atomic E-state index is 0.264. The van der Waals surface area contributed by atoms with Gasteiger partial charge in [-0.15, -0.1) is 11.3 Å². The van der Waals surface area contributed by atoms with E-state index < -0.39 is 0 Å². The summed E-state index contributed by atoms with van der Waals surface area (Å²) < 4.78 is 4.99. The Bertz CT molecular complexity index is 705. The molecule has 2 aromatic rings. The van der Waals surface area contributed by atoms with Crippen molar-refractivity contribution in [1.29, 1.82) is 0 Å². The van der Waals surface area contributed by atoms with E-state index in [0.717, 1.165) is 35.2 Å². The monoisotopic (exact) mass is 343 g/mol. The van der Waals surface area contributed by atoms with Crippen LogP contribution in [0, 0.1) is 0 Å². The molecule has 0 N–H and O–H groups in total. The lowest BCUT2D eigenvalue weighted by molar-refractivity contribution is 0.181. The highest BCUT2D eigenvalue weighted by atomic mass is 32.1. The minimum atomic E-state index is -0.264. The molecule has 2 fully saturated rings. The highest BCUT2D eigenvalue weighted by Gasteiger charge is 2.23. The molecule has 1 aromatic carbocycles. The molecule has 1 aromatic heterocycles. The fraction of sp³-hybridized carbons (Fsp3) is 0.444. The maximum atomic E-state index is 11.6. The van der Waals surface area contributed by atoms with Crippen molar-refractivity contribution in [2.75, 3.05) is 36.0 Å². The second-order valence-electron chi connectivity index (χ2n) is 6.23. The van der Waals surface area contributed by atoms with Crippen molar-refractivity contribution in [3.8, 4) is 11.3 Å². The number of ether oxygens (including phenoxy) is 1. The van der Waals surface area contributed by atoms with Gasteiger partial charge in [0.2, 0.25) is 0 Å². The molecule has 5 nitrogen and oxygen atoms in total. The van der Waals surface area contributed by atoms with Crippen LogP contribution in [0.15, 0.2) is 29.6 Å². The van der Waals surface area contributed by atoms with E-state index in [0.29, 0.717) is 13.2 Å². The van der Waals surface area contributed by atoms with Gasteiger partial charge in [0, 0.05) is 29.7 Å². The van der Waals surface area contributed by atoms with Gasteiger partial charge >= 0.3 is 6.09 Å². The van der Waals surface area contributed by atoms with Crippen LogP contribution >= 0.6 is 11.3 Å². The molecule has 0 unspecified atom stereocenters. The summed E-state index contributed by atoms with van der Waals surface area (Å²) in [6.45, 7) is 3.31. The maximum Gasteiger partial charge on any atom is 0.414 e. The normalized spacial score (nSPS) is 18.6. The first-order valence-electron chi connectivity index (χ1n) is 8.56. The molecule has 0 aliphatic carbocycles. The van der Waals surface area contributed by atoms with E-state index in [1.807, 2.05) is 24.3 Å². The Labute approximate surface area is 145 Å². The number of amides is 1. The molecule has 0 bridgehead atoms. The van der Waals surface area contributed by atoms with E-state index in [4.69, 9.17) is 9.72 Å². The second-order valence-corrected chi connectivity index (χ2v) is 7.07. The zero-order valence-corrected chi connectivity index (χ0v) is 14.4. The number of benzene rings is 1. The van der Waals surface area contributed by atoms with Gasteiger partial charge in [-0.25, -0.2) is 9.78 Å². The topological polar surface area (TPSA) is 45.7 Å². The smallest absolute Gasteiger partial charge is 0.414 e. The molecule has 1 amide bonds. The second kappa shape index (κ2) is 6.81. The first-order chi connectivity index (χ1) is 11.8. The summed E-state index contributed by atoms with van der Waals surface area (Å²) in [6.07, 6.45) is 4.91. The Morgan fingerprint density at radius 2 is 1.75 bits per heavy atom. The van der Waals surface area contributed by atoms with Crippen LogP contribution < -0.4 is 9.80 Å². The Morgan fingerprint density at radius 3 is 2.42 bits per heavy atom. The predicted octanol–water partition coefficient (Wildman–Crippen LogP) is 4.15. The summed E-state index contributed by atoms with van der Waals surface area (Å²) in [4.78, 5) is 20.5. The number of rotatable bonds is 3. The summed E-state index contributed by atoms with van der Waals surface area (Å²) in [6, 6.07) is 7.99. The SMILES string of the molecule is O=C1OCCN1c1ccc(-c2csc(N3CCCCCC3)n2)cc1.